The van der Waals surface area contributed by atoms with Gasteiger partial charge in [0.25, 0.3) is 0 Å². The Morgan fingerprint density at radius 2 is 2.11 bits per heavy atom. The Hall–Kier alpha value is -0.610. The predicted molar refractivity (Wildman–Crippen MR) is 71.2 cm³/mol. The van der Waals surface area contributed by atoms with Gasteiger partial charge in [0, 0.05) is 6.54 Å². The van der Waals surface area contributed by atoms with Gasteiger partial charge >= 0.3 is 0 Å². The molecule has 3 N–H and O–H groups in total. The summed E-state index contributed by atoms with van der Waals surface area (Å²) >= 11 is 0. The van der Waals surface area contributed by atoms with E-state index < -0.39 is 5.60 Å². The molecule has 0 aromatic heterocycles. The SMILES string of the molecule is CCC1CCC(O)(CNC(=O)[C@@H]2CCCN2)CC1. The van der Waals surface area contributed by atoms with Crippen molar-refractivity contribution in [3.8, 4) is 0 Å². The van der Waals surface area contributed by atoms with Crippen LogP contribution in [0.1, 0.15) is 51.9 Å². The molecular formula is C14H26N2O2. The van der Waals surface area contributed by atoms with E-state index in [4.69, 9.17) is 0 Å². The van der Waals surface area contributed by atoms with Crippen LogP contribution in [0.2, 0.25) is 0 Å². The van der Waals surface area contributed by atoms with Crippen LogP contribution in [0.3, 0.4) is 0 Å². The zero-order valence-electron chi connectivity index (χ0n) is 11.4. The first-order valence-electron chi connectivity index (χ1n) is 7.36. The molecule has 2 aliphatic rings. The average molecular weight is 254 g/mol. The summed E-state index contributed by atoms with van der Waals surface area (Å²) in [4.78, 5) is 11.9. The number of carbonyl (C=O) groups excluding carboxylic acids is 1. The standard InChI is InChI=1S/C14H26N2O2/c1-2-11-5-7-14(18,8-6-11)10-16-13(17)12-4-3-9-15-12/h11-12,15,18H,2-10H2,1H3,(H,16,17)/t11?,12-,14?/m0/s1. The molecule has 1 saturated carbocycles. The lowest BCUT2D eigenvalue weighted by Gasteiger charge is -2.36. The van der Waals surface area contributed by atoms with Crippen molar-refractivity contribution in [1.82, 2.24) is 10.6 Å². The molecule has 2 fully saturated rings. The minimum atomic E-state index is -0.667. The van der Waals surface area contributed by atoms with Gasteiger partial charge in [0.05, 0.1) is 11.6 Å². The average Bonchev–Trinajstić information content (AvgIpc) is 2.91. The highest BCUT2D eigenvalue weighted by molar-refractivity contribution is 5.82. The molecule has 0 unspecified atom stereocenters. The molecule has 0 aromatic carbocycles. The van der Waals surface area contributed by atoms with E-state index in [2.05, 4.69) is 17.6 Å². The van der Waals surface area contributed by atoms with Gasteiger partial charge < -0.3 is 15.7 Å². The molecule has 2 rings (SSSR count). The summed E-state index contributed by atoms with van der Waals surface area (Å²) < 4.78 is 0. The molecule has 18 heavy (non-hydrogen) atoms. The maximum atomic E-state index is 11.9. The molecule has 1 atom stereocenters. The van der Waals surface area contributed by atoms with Crippen LogP contribution < -0.4 is 10.6 Å². The molecule has 1 amide bonds. The Bertz CT molecular complexity index is 280. The zero-order valence-corrected chi connectivity index (χ0v) is 11.4. The summed E-state index contributed by atoms with van der Waals surface area (Å²) in [6.45, 7) is 3.56. The van der Waals surface area contributed by atoms with Crippen molar-refractivity contribution in [1.29, 1.82) is 0 Å². The summed E-state index contributed by atoms with van der Waals surface area (Å²) in [7, 11) is 0. The lowest BCUT2D eigenvalue weighted by Crippen LogP contribution is -2.49. The highest BCUT2D eigenvalue weighted by Crippen LogP contribution is 2.33. The van der Waals surface area contributed by atoms with Crippen molar-refractivity contribution < 1.29 is 9.90 Å². The molecule has 1 heterocycles. The first-order chi connectivity index (χ1) is 8.63. The Morgan fingerprint density at radius 3 is 2.67 bits per heavy atom. The Labute approximate surface area is 110 Å². The molecule has 104 valence electrons. The number of carbonyl (C=O) groups is 1. The lowest BCUT2D eigenvalue weighted by atomic mass is 9.78. The molecule has 4 heteroatoms. The molecule has 0 spiro atoms. The predicted octanol–water partition coefficient (Wildman–Crippen LogP) is 1.19. The number of hydrogen-bond acceptors (Lipinski definition) is 3. The fourth-order valence-corrected chi connectivity index (χ4v) is 3.08. The summed E-state index contributed by atoms with van der Waals surface area (Å²) in [5.41, 5.74) is -0.667. The monoisotopic (exact) mass is 254 g/mol. The van der Waals surface area contributed by atoms with Crippen LogP contribution in [0, 0.1) is 5.92 Å². The number of aliphatic hydroxyl groups is 1. The van der Waals surface area contributed by atoms with Gasteiger partial charge in [-0.1, -0.05) is 13.3 Å². The normalized spacial score (nSPS) is 36.6. The van der Waals surface area contributed by atoms with Gasteiger partial charge in [0.1, 0.15) is 0 Å². The number of hydrogen-bond donors (Lipinski definition) is 3. The van der Waals surface area contributed by atoms with Gasteiger partial charge in [-0.3, -0.25) is 4.79 Å². The second kappa shape index (κ2) is 6.02. The third-order valence-electron chi connectivity index (χ3n) is 4.58. The Morgan fingerprint density at radius 1 is 1.39 bits per heavy atom. The second-order valence-corrected chi connectivity index (χ2v) is 5.94. The van der Waals surface area contributed by atoms with Crippen molar-refractivity contribution >= 4 is 5.91 Å². The van der Waals surface area contributed by atoms with Crippen LogP contribution in [-0.4, -0.2) is 35.7 Å². The molecule has 0 bridgehead atoms. The van der Waals surface area contributed by atoms with E-state index in [1.165, 1.54) is 6.42 Å². The van der Waals surface area contributed by atoms with E-state index in [-0.39, 0.29) is 11.9 Å². The maximum absolute atomic E-state index is 11.9. The molecule has 0 aromatic rings. The Kier molecular flexibility index (Phi) is 4.62. The topological polar surface area (TPSA) is 61.4 Å². The van der Waals surface area contributed by atoms with Gasteiger partial charge in [-0.15, -0.1) is 0 Å². The van der Waals surface area contributed by atoms with Gasteiger partial charge in [-0.25, -0.2) is 0 Å². The third-order valence-corrected chi connectivity index (χ3v) is 4.58. The molecule has 0 radical (unpaired) electrons. The fourth-order valence-electron chi connectivity index (χ4n) is 3.08. The van der Waals surface area contributed by atoms with E-state index in [1.54, 1.807) is 0 Å². The second-order valence-electron chi connectivity index (χ2n) is 5.94. The summed E-state index contributed by atoms with van der Waals surface area (Å²) in [6, 6.07) is -0.0411. The van der Waals surface area contributed by atoms with Crippen molar-refractivity contribution in [3.63, 3.8) is 0 Å². The minimum Gasteiger partial charge on any atom is -0.388 e. The third kappa shape index (κ3) is 3.45. The van der Waals surface area contributed by atoms with Crippen molar-refractivity contribution in [2.75, 3.05) is 13.1 Å². The van der Waals surface area contributed by atoms with Crippen LogP contribution in [0.5, 0.6) is 0 Å². The largest absolute Gasteiger partial charge is 0.388 e. The van der Waals surface area contributed by atoms with Crippen molar-refractivity contribution in [3.05, 3.63) is 0 Å². The van der Waals surface area contributed by atoms with E-state index >= 15 is 0 Å². The van der Waals surface area contributed by atoms with E-state index in [9.17, 15) is 9.90 Å². The van der Waals surface area contributed by atoms with Crippen LogP contribution in [0.4, 0.5) is 0 Å². The number of nitrogens with one attached hydrogen (secondary N) is 2. The van der Waals surface area contributed by atoms with Crippen molar-refractivity contribution in [2.45, 2.75) is 63.5 Å². The van der Waals surface area contributed by atoms with Gasteiger partial charge in [0.2, 0.25) is 5.91 Å². The van der Waals surface area contributed by atoms with Crippen LogP contribution in [0.25, 0.3) is 0 Å². The number of rotatable bonds is 4. The van der Waals surface area contributed by atoms with E-state index in [1.807, 2.05) is 0 Å². The molecule has 1 aliphatic carbocycles. The van der Waals surface area contributed by atoms with Crippen molar-refractivity contribution in [2.24, 2.45) is 5.92 Å². The summed E-state index contributed by atoms with van der Waals surface area (Å²) in [5, 5.41) is 16.5. The fraction of sp³-hybridized carbons (Fsp3) is 0.929. The quantitative estimate of drug-likeness (QED) is 0.706. The van der Waals surface area contributed by atoms with Gasteiger partial charge in [-0.2, -0.15) is 0 Å². The van der Waals surface area contributed by atoms with Crippen LogP contribution in [0.15, 0.2) is 0 Å². The van der Waals surface area contributed by atoms with Crippen LogP contribution >= 0.6 is 0 Å². The van der Waals surface area contributed by atoms with E-state index in [0.717, 1.165) is 51.0 Å². The van der Waals surface area contributed by atoms with Gasteiger partial charge in [0.15, 0.2) is 0 Å². The zero-order chi connectivity index (χ0) is 13.0. The summed E-state index contributed by atoms with van der Waals surface area (Å²) in [5.74, 6) is 0.816. The lowest BCUT2D eigenvalue weighted by molar-refractivity contribution is -0.124. The molecule has 4 nitrogen and oxygen atoms in total. The molecule has 1 saturated heterocycles. The van der Waals surface area contributed by atoms with Crippen LogP contribution in [-0.2, 0) is 4.79 Å². The van der Waals surface area contributed by atoms with E-state index in [0.29, 0.717) is 6.54 Å². The summed E-state index contributed by atoms with van der Waals surface area (Å²) in [6.07, 6.45) is 7.01. The first-order valence-corrected chi connectivity index (χ1v) is 7.36. The van der Waals surface area contributed by atoms with Gasteiger partial charge in [-0.05, 0) is 51.0 Å². The number of amides is 1. The smallest absolute Gasteiger partial charge is 0.237 e. The first kappa shape index (κ1) is 13.8. The highest BCUT2D eigenvalue weighted by Gasteiger charge is 2.33. The highest BCUT2D eigenvalue weighted by atomic mass is 16.3. The minimum absolute atomic E-state index is 0.0411. The Balaban J connectivity index is 1.73. The molecule has 1 aliphatic heterocycles. The maximum Gasteiger partial charge on any atom is 0.237 e. The molecular weight excluding hydrogens is 228 g/mol.